The van der Waals surface area contributed by atoms with E-state index in [2.05, 4.69) is 5.32 Å². The van der Waals surface area contributed by atoms with Crippen LogP contribution >= 0.6 is 0 Å². The highest BCUT2D eigenvalue weighted by Gasteiger charge is 2.24. The molecular weight excluding hydrogens is 230 g/mol. The molecule has 2 amide bonds. The van der Waals surface area contributed by atoms with Gasteiger partial charge in [-0.25, -0.2) is 0 Å². The van der Waals surface area contributed by atoms with Crippen molar-refractivity contribution in [3.05, 3.63) is 0 Å². The first-order valence-corrected chi connectivity index (χ1v) is 6.83. The molecule has 104 valence electrons. The maximum atomic E-state index is 11.9. The minimum Gasteiger partial charge on any atom is -0.339 e. The zero-order valence-electron chi connectivity index (χ0n) is 11.7. The molecule has 0 spiro atoms. The van der Waals surface area contributed by atoms with Crippen LogP contribution < -0.4 is 5.32 Å². The lowest BCUT2D eigenvalue weighted by Gasteiger charge is -2.35. The number of rotatable bonds is 5. The molecule has 0 aromatic carbocycles. The van der Waals surface area contributed by atoms with Gasteiger partial charge in [0.05, 0.1) is 0 Å². The molecule has 0 aromatic heterocycles. The van der Waals surface area contributed by atoms with E-state index in [0.717, 1.165) is 13.1 Å². The second-order valence-electron chi connectivity index (χ2n) is 4.96. The quantitative estimate of drug-likeness (QED) is 0.720. The smallest absolute Gasteiger partial charge is 0.225 e. The molecule has 1 N–H and O–H groups in total. The highest BCUT2D eigenvalue weighted by atomic mass is 16.2. The van der Waals surface area contributed by atoms with Gasteiger partial charge >= 0.3 is 0 Å². The van der Waals surface area contributed by atoms with Crippen molar-refractivity contribution >= 4 is 11.8 Å². The second-order valence-corrected chi connectivity index (χ2v) is 4.96. The van der Waals surface area contributed by atoms with E-state index in [0.29, 0.717) is 32.6 Å². The molecule has 1 aliphatic heterocycles. The van der Waals surface area contributed by atoms with Gasteiger partial charge in [-0.05, 0) is 6.54 Å². The van der Waals surface area contributed by atoms with Gasteiger partial charge in [-0.15, -0.1) is 0 Å². The van der Waals surface area contributed by atoms with Crippen molar-refractivity contribution in [2.75, 3.05) is 39.3 Å². The van der Waals surface area contributed by atoms with Crippen LogP contribution in [0.3, 0.4) is 0 Å². The number of hydrogen-bond donors (Lipinski definition) is 1. The summed E-state index contributed by atoms with van der Waals surface area (Å²) < 4.78 is 0. The van der Waals surface area contributed by atoms with E-state index >= 15 is 0 Å². The molecule has 1 saturated heterocycles. The van der Waals surface area contributed by atoms with Gasteiger partial charge in [-0.2, -0.15) is 0 Å². The Balaban J connectivity index is 2.30. The standard InChI is InChI=1S/C13H25N3O2/c1-4-14-6-5-12(17)15-7-9-16(10-8-15)13(18)11(2)3/h11,14H,4-10H2,1-3H3. The maximum Gasteiger partial charge on any atom is 0.225 e. The van der Waals surface area contributed by atoms with Crippen molar-refractivity contribution in [2.24, 2.45) is 5.92 Å². The predicted octanol–water partition coefficient (Wildman–Crippen LogP) is 0.313. The normalized spacial score (nSPS) is 16.2. The van der Waals surface area contributed by atoms with Crippen molar-refractivity contribution in [1.82, 2.24) is 15.1 Å². The molecule has 0 saturated carbocycles. The van der Waals surface area contributed by atoms with Crippen LogP contribution in [0.4, 0.5) is 0 Å². The van der Waals surface area contributed by atoms with E-state index in [1.807, 2.05) is 30.6 Å². The minimum absolute atomic E-state index is 0.0426. The lowest BCUT2D eigenvalue weighted by molar-refractivity contribution is -0.141. The number of amides is 2. The van der Waals surface area contributed by atoms with Gasteiger partial charge in [0.2, 0.25) is 11.8 Å². The molecule has 0 atom stereocenters. The largest absolute Gasteiger partial charge is 0.339 e. The molecular formula is C13H25N3O2. The van der Waals surface area contributed by atoms with Crippen LogP contribution in [0.1, 0.15) is 27.2 Å². The molecule has 1 aliphatic rings. The Bertz CT molecular complexity index is 284. The first-order chi connectivity index (χ1) is 8.56. The Hall–Kier alpha value is -1.10. The highest BCUT2D eigenvalue weighted by Crippen LogP contribution is 2.07. The summed E-state index contributed by atoms with van der Waals surface area (Å²) in [6, 6.07) is 0. The molecule has 0 aliphatic carbocycles. The third kappa shape index (κ3) is 4.29. The SMILES string of the molecule is CCNCCC(=O)N1CCN(C(=O)C(C)C)CC1. The Morgan fingerprint density at radius 2 is 1.67 bits per heavy atom. The van der Waals surface area contributed by atoms with Gasteiger partial charge in [-0.3, -0.25) is 9.59 Å². The average Bonchev–Trinajstić information content (AvgIpc) is 2.38. The van der Waals surface area contributed by atoms with E-state index in [4.69, 9.17) is 0 Å². The highest BCUT2D eigenvalue weighted by molar-refractivity contribution is 5.79. The predicted molar refractivity (Wildman–Crippen MR) is 71.2 cm³/mol. The number of nitrogens with zero attached hydrogens (tertiary/aromatic N) is 2. The fraction of sp³-hybridized carbons (Fsp3) is 0.846. The summed E-state index contributed by atoms with van der Waals surface area (Å²) in [6.07, 6.45) is 0.548. The Morgan fingerprint density at radius 1 is 1.11 bits per heavy atom. The van der Waals surface area contributed by atoms with Crippen LogP contribution in [0.2, 0.25) is 0 Å². The van der Waals surface area contributed by atoms with Gasteiger partial charge in [0.25, 0.3) is 0 Å². The Kier molecular flexibility index (Phi) is 6.12. The molecule has 1 rings (SSSR count). The van der Waals surface area contributed by atoms with Crippen molar-refractivity contribution in [3.63, 3.8) is 0 Å². The lowest BCUT2D eigenvalue weighted by Crippen LogP contribution is -2.51. The lowest BCUT2D eigenvalue weighted by atomic mass is 10.1. The number of carbonyl (C=O) groups is 2. The summed E-state index contributed by atoms with van der Waals surface area (Å²) in [5.41, 5.74) is 0. The maximum absolute atomic E-state index is 11.9. The zero-order valence-corrected chi connectivity index (χ0v) is 11.7. The molecule has 0 radical (unpaired) electrons. The molecule has 1 fully saturated rings. The van der Waals surface area contributed by atoms with Crippen LogP contribution in [0.25, 0.3) is 0 Å². The summed E-state index contributed by atoms with van der Waals surface area (Å²) in [7, 11) is 0. The van der Waals surface area contributed by atoms with E-state index in [1.54, 1.807) is 0 Å². The monoisotopic (exact) mass is 255 g/mol. The van der Waals surface area contributed by atoms with Crippen LogP contribution in [0, 0.1) is 5.92 Å². The van der Waals surface area contributed by atoms with Crippen LogP contribution in [-0.4, -0.2) is 60.9 Å². The minimum atomic E-state index is 0.0426. The van der Waals surface area contributed by atoms with Crippen LogP contribution in [0.15, 0.2) is 0 Å². The Morgan fingerprint density at radius 3 is 2.17 bits per heavy atom. The van der Waals surface area contributed by atoms with Crippen LogP contribution in [0.5, 0.6) is 0 Å². The van der Waals surface area contributed by atoms with E-state index < -0.39 is 0 Å². The third-order valence-corrected chi connectivity index (χ3v) is 3.20. The van der Waals surface area contributed by atoms with Crippen LogP contribution in [-0.2, 0) is 9.59 Å². The van der Waals surface area contributed by atoms with Gasteiger partial charge in [0.15, 0.2) is 0 Å². The van der Waals surface area contributed by atoms with Crippen molar-refractivity contribution in [3.8, 4) is 0 Å². The summed E-state index contributed by atoms with van der Waals surface area (Å²) in [5, 5.41) is 3.15. The molecule has 5 heteroatoms. The Labute approximate surface area is 110 Å². The van der Waals surface area contributed by atoms with Gasteiger partial charge in [-0.1, -0.05) is 20.8 Å². The van der Waals surface area contributed by atoms with Crippen molar-refractivity contribution in [2.45, 2.75) is 27.2 Å². The van der Waals surface area contributed by atoms with E-state index in [9.17, 15) is 9.59 Å². The van der Waals surface area contributed by atoms with Crippen molar-refractivity contribution in [1.29, 1.82) is 0 Å². The van der Waals surface area contributed by atoms with E-state index in [1.165, 1.54) is 0 Å². The van der Waals surface area contributed by atoms with Crippen molar-refractivity contribution < 1.29 is 9.59 Å². The summed E-state index contributed by atoms with van der Waals surface area (Å²) >= 11 is 0. The third-order valence-electron chi connectivity index (χ3n) is 3.20. The number of piperazine rings is 1. The van der Waals surface area contributed by atoms with E-state index in [-0.39, 0.29) is 17.7 Å². The molecule has 0 unspecified atom stereocenters. The summed E-state index contributed by atoms with van der Waals surface area (Å²) in [6.45, 7) is 10.2. The second kappa shape index (κ2) is 7.36. The van der Waals surface area contributed by atoms with Gasteiger partial charge < -0.3 is 15.1 Å². The number of carbonyl (C=O) groups excluding carboxylic acids is 2. The molecule has 18 heavy (non-hydrogen) atoms. The molecule has 5 nitrogen and oxygen atoms in total. The fourth-order valence-corrected chi connectivity index (χ4v) is 2.07. The van der Waals surface area contributed by atoms with Gasteiger partial charge in [0.1, 0.15) is 0 Å². The first-order valence-electron chi connectivity index (χ1n) is 6.83. The average molecular weight is 255 g/mol. The topological polar surface area (TPSA) is 52.7 Å². The number of nitrogens with one attached hydrogen (secondary N) is 1. The molecule has 1 heterocycles. The summed E-state index contributed by atoms with van der Waals surface area (Å²) in [4.78, 5) is 27.4. The molecule has 0 aromatic rings. The summed E-state index contributed by atoms with van der Waals surface area (Å²) in [5.74, 6) is 0.420. The van der Waals surface area contributed by atoms with Gasteiger partial charge in [0, 0.05) is 45.1 Å². The fourth-order valence-electron chi connectivity index (χ4n) is 2.07. The first kappa shape index (κ1) is 15.0. The molecule has 0 bridgehead atoms. The zero-order chi connectivity index (χ0) is 13.5. The number of hydrogen-bond acceptors (Lipinski definition) is 3.